The summed E-state index contributed by atoms with van der Waals surface area (Å²) in [6, 6.07) is 0. The van der Waals surface area contributed by atoms with Crippen LogP contribution in [0.2, 0.25) is 0 Å². The first-order valence-electron chi connectivity index (χ1n) is 3.07. The smallest absolute Gasteiger partial charge is 0.240 e. The Labute approximate surface area is 58.4 Å². The highest BCUT2D eigenvalue weighted by atomic mass is 16.5. The fraction of sp³-hybridized carbons (Fsp3) is 0.143. The standard InChI is InChI=1S/C7H6N2O/c1-2-6-7(10-5-1)9-4-3-8-6/h1-4H,5H2. The summed E-state index contributed by atoms with van der Waals surface area (Å²) in [6.45, 7) is 0.603. The van der Waals surface area contributed by atoms with Crippen molar-refractivity contribution in [3.63, 3.8) is 0 Å². The molecule has 2 heterocycles. The van der Waals surface area contributed by atoms with Crippen LogP contribution in [-0.4, -0.2) is 16.6 Å². The number of aromatic nitrogens is 2. The highest BCUT2D eigenvalue weighted by molar-refractivity contribution is 5.51. The first kappa shape index (κ1) is 5.41. The topological polar surface area (TPSA) is 35.0 Å². The van der Waals surface area contributed by atoms with Gasteiger partial charge in [-0.25, -0.2) is 9.97 Å². The fourth-order valence-electron chi connectivity index (χ4n) is 0.848. The van der Waals surface area contributed by atoms with Gasteiger partial charge in [-0.3, -0.25) is 0 Å². The second kappa shape index (κ2) is 2.10. The lowest BCUT2D eigenvalue weighted by Gasteiger charge is -2.07. The van der Waals surface area contributed by atoms with E-state index in [9.17, 15) is 0 Å². The predicted octanol–water partition coefficient (Wildman–Crippen LogP) is 0.882. The average molecular weight is 134 g/mol. The van der Waals surface area contributed by atoms with E-state index >= 15 is 0 Å². The Balaban J connectivity index is 2.54. The third-order valence-electron chi connectivity index (χ3n) is 1.28. The fourth-order valence-corrected chi connectivity index (χ4v) is 0.848. The third-order valence-corrected chi connectivity index (χ3v) is 1.28. The average Bonchev–Trinajstić information content (AvgIpc) is 2.05. The van der Waals surface area contributed by atoms with Gasteiger partial charge in [0.15, 0.2) is 0 Å². The summed E-state index contributed by atoms with van der Waals surface area (Å²) in [5, 5.41) is 0. The maximum atomic E-state index is 5.16. The van der Waals surface area contributed by atoms with Gasteiger partial charge in [-0.1, -0.05) is 0 Å². The van der Waals surface area contributed by atoms with Crippen LogP contribution < -0.4 is 4.74 Å². The lowest BCUT2D eigenvalue weighted by Crippen LogP contribution is -2.03. The van der Waals surface area contributed by atoms with E-state index < -0.39 is 0 Å². The Morgan fingerprint density at radius 3 is 3.10 bits per heavy atom. The maximum Gasteiger partial charge on any atom is 0.240 e. The minimum atomic E-state index is 0.603. The van der Waals surface area contributed by atoms with Gasteiger partial charge in [0.1, 0.15) is 12.3 Å². The number of ether oxygens (including phenoxy) is 1. The van der Waals surface area contributed by atoms with E-state index in [1.165, 1.54) is 0 Å². The molecule has 0 bridgehead atoms. The summed E-state index contributed by atoms with van der Waals surface area (Å²) in [4.78, 5) is 8.03. The molecule has 1 aliphatic heterocycles. The van der Waals surface area contributed by atoms with Crippen molar-refractivity contribution < 1.29 is 4.74 Å². The van der Waals surface area contributed by atoms with E-state index in [-0.39, 0.29) is 0 Å². The van der Waals surface area contributed by atoms with Crippen LogP contribution in [0, 0.1) is 0 Å². The zero-order chi connectivity index (χ0) is 6.81. The molecule has 1 aliphatic rings. The Kier molecular flexibility index (Phi) is 1.13. The first-order chi connectivity index (χ1) is 4.97. The van der Waals surface area contributed by atoms with Crippen molar-refractivity contribution in [3.05, 3.63) is 24.2 Å². The van der Waals surface area contributed by atoms with Gasteiger partial charge >= 0.3 is 0 Å². The molecule has 3 heteroatoms. The minimum Gasteiger partial charge on any atom is -0.472 e. The van der Waals surface area contributed by atoms with Crippen LogP contribution in [0.3, 0.4) is 0 Å². The molecule has 0 N–H and O–H groups in total. The second-order valence-corrected chi connectivity index (χ2v) is 1.96. The normalized spacial score (nSPS) is 14.0. The molecule has 0 spiro atoms. The molecule has 0 saturated carbocycles. The molecule has 2 rings (SSSR count). The van der Waals surface area contributed by atoms with Crippen molar-refractivity contribution in [1.29, 1.82) is 0 Å². The molecular formula is C7H6N2O. The van der Waals surface area contributed by atoms with Gasteiger partial charge < -0.3 is 4.74 Å². The molecule has 0 aliphatic carbocycles. The highest BCUT2D eigenvalue weighted by Crippen LogP contribution is 2.15. The second-order valence-electron chi connectivity index (χ2n) is 1.96. The van der Waals surface area contributed by atoms with Crippen LogP contribution in [0.1, 0.15) is 5.69 Å². The molecule has 10 heavy (non-hydrogen) atoms. The first-order valence-corrected chi connectivity index (χ1v) is 3.07. The summed E-state index contributed by atoms with van der Waals surface area (Å²) in [5.41, 5.74) is 0.814. The minimum absolute atomic E-state index is 0.603. The molecule has 1 aromatic rings. The number of fused-ring (bicyclic) bond motifs is 1. The van der Waals surface area contributed by atoms with Crippen molar-refractivity contribution in [3.8, 4) is 5.88 Å². The SMILES string of the molecule is C1=Cc2nccnc2OC1. The highest BCUT2D eigenvalue weighted by Gasteiger charge is 2.04. The van der Waals surface area contributed by atoms with Crippen molar-refractivity contribution in [2.75, 3.05) is 6.61 Å². The molecule has 0 aromatic carbocycles. The lowest BCUT2D eigenvalue weighted by molar-refractivity contribution is 0.341. The summed E-state index contributed by atoms with van der Waals surface area (Å²) >= 11 is 0. The van der Waals surface area contributed by atoms with Crippen LogP contribution in [0.25, 0.3) is 6.08 Å². The Hall–Kier alpha value is -1.38. The Morgan fingerprint density at radius 1 is 1.30 bits per heavy atom. The summed E-state index contributed by atoms with van der Waals surface area (Å²) in [5.74, 6) is 0.630. The van der Waals surface area contributed by atoms with E-state index in [0.717, 1.165) is 5.69 Å². The van der Waals surface area contributed by atoms with Gasteiger partial charge in [0.2, 0.25) is 5.88 Å². The van der Waals surface area contributed by atoms with E-state index in [1.54, 1.807) is 12.4 Å². The largest absolute Gasteiger partial charge is 0.472 e. The van der Waals surface area contributed by atoms with Gasteiger partial charge in [0.05, 0.1) is 0 Å². The summed E-state index contributed by atoms with van der Waals surface area (Å²) < 4.78 is 5.16. The van der Waals surface area contributed by atoms with Crippen molar-refractivity contribution in [2.24, 2.45) is 0 Å². The van der Waals surface area contributed by atoms with Crippen LogP contribution in [0.15, 0.2) is 18.5 Å². The molecule has 0 radical (unpaired) electrons. The van der Waals surface area contributed by atoms with Crippen LogP contribution in [0.5, 0.6) is 5.88 Å². The van der Waals surface area contributed by atoms with E-state index in [4.69, 9.17) is 4.74 Å². The maximum absolute atomic E-state index is 5.16. The van der Waals surface area contributed by atoms with Crippen molar-refractivity contribution >= 4 is 6.08 Å². The molecule has 0 saturated heterocycles. The molecular weight excluding hydrogens is 128 g/mol. The van der Waals surface area contributed by atoms with E-state index in [2.05, 4.69) is 9.97 Å². The molecule has 1 aromatic heterocycles. The number of hydrogen-bond donors (Lipinski definition) is 0. The Morgan fingerprint density at radius 2 is 2.20 bits per heavy atom. The number of hydrogen-bond acceptors (Lipinski definition) is 3. The zero-order valence-corrected chi connectivity index (χ0v) is 5.32. The lowest BCUT2D eigenvalue weighted by atomic mass is 10.3. The molecule has 3 nitrogen and oxygen atoms in total. The molecule has 0 atom stereocenters. The Bertz CT molecular complexity index is 270. The third kappa shape index (κ3) is 0.757. The van der Waals surface area contributed by atoms with Gasteiger partial charge in [0.25, 0.3) is 0 Å². The number of nitrogens with zero attached hydrogens (tertiary/aromatic N) is 2. The number of rotatable bonds is 0. The van der Waals surface area contributed by atoms with Gasteiger partial charge in [-0.15, -0.1) is 0 Å². The quantitative estimate of drug-likeness (QED) is 0.528. The van der Waals surface area contributed by atoms with Crippen LogP contribution in [-0.2, 0) is 0 Å². The van der Waals surface area contributed by atoms with Gasteiger partial charge in [-0.2, -0.15) is 0 Å². The van der Waals surface area contributed by atoms with E-state index in [0.29, 0.717) is 12.5 Å². The van der Waals surface area contributed by atoms with Crippen molar-refractivity contribution in [2.45, 2.75) is 0 Å². The van der Waals surface area contributed by atoms with Crippen LogP contribution in [0.4, 0.5) is 0 Å². The molecule has 0 fully saturated rings. The monoisotopic (exact) mass is 134 g/mol. The molecule has 0 unspecified atom stereocenters. The zero-order valence-electron chi connectivity index (χ0n) is 5.32. The van der Waals surface area contributed by atoms with Crippen LogP contribution >= 0.6 is 0 Å². The predicted molar refractivity (Wildman–Crippen MR) is 36.6 cm³/mol. The molecule has 50 valence electrons. The molecule has 0 amide bonds. The van der Waals surface area contributed by atoms with Crippen molar-refractivity contribution in [1.82, 2.24) is 9.97 Å². The summed E-state index contributed by atoms with van der Waals surface area (Å²) in [6.07, 6.45) is 7.10. The van der Waals surface area contributed by atoms with E-state index in [1.807, 2.05) is 12.2 Å². The summed E-state index contributed by atoms with van der Waals surface area (Å²) in [7, 11) is 0. The van der Waals surface area contributed by atoms with Gasteiger partial charge in [-0.05, 0) is 12.2 Å². The van der Waals surface area contributed by atoms with Gasteiger partial charge in [0, 0.05) is 12.4 Å².